The quantitative estimate of drug-likeness (QED) is 0.692. The fraction of sp³-hybridized carbons (Fsp3) is 0.565. The van der Waals surface area contributed by atoms with E-state index in [4.69, 9.17) is 9.47 Å². The van der Waals surface area contributed by atoms with Crippen LogP contribution in [0.3, 0.4) is 0 Å². The minimum atomic E-state index is -0.377. The molecule has 0 radical (unpaired) electrons. The maximum absolute atomic E-state index is 13.4. The van der Waals surface area contributed by atoms with Gasteiger partial charge in [0.25, 0.3) is 5.91 Å². The molecule has 28 heavy (non-hydrogen) atoms. The van der Waals surface area contributed by atoms with Gasteiger partial charge in [0.1, 0.15) is 11.9 Å². The van der Waals surface area contributed by atoms with Crippen LogP contribution in [0, 0.1) is 5.92 Å². The van der Waals surface area contributed by atoms with Gasteiger partial charge in [0.2, 0.25) is 0 Å². The maximum atomic E-state index is 13.4. The van der Waals surface area contributed by atoms with Crippen molar-refractivity contribution in [2.24, 2.45) is 5.92 Å². The van der Waals surface area contributed by atoms with Gasteiger partial charge in [-0.05, 0) is 50.3 Å². The van der Waals surface area contributed by atoms with E-state index >= 15 is 0 Å². The van der Waals surface area contributed by atoms with E-state index in [1.807, 2.05) is 31.2 Å². The Morgan fingerprint density at radius 3 is 2.79 bits per heavy atom. The number of amides is 1. The summed E-state index contributed by atoms with van der Waals surface area (Å²) in [5.41, 5.74) is 1.47. The van der Waals surface area contributed by atoms with Crippen LogP contribution in [0.2, 0.25) is 0 Å². The van der Waals surface area contributed by atoms with Crippen LogP contribution in [-0.4, -0.2) is 35.8 Å². The lowest BCUT2D eigenvalue weighted by atomic mass is 9.77. The third-order valence-electron chi connectivity index (χ3n) is 6.14. The summed E-state index contributed by atoms with van der Waals surface area (Å²) < 4.78 is 12.0. The van der Waals surface area contributed by atoms with E-state index in [0.717, 1.165) is 49.8 Å². The molecule has 0 saturated heterocycles. The van der Waals surface area contributed by atoms with Gasteiger partial charge in [0.05, 0.1) is 24.1 Å². The molecule has 2 aliphatic heterocycles. The van der Waals surface area contributed by atoms with Crippen LogP contribution in [0.4, 0.5) is 0 Å². The molecule has 2 heterocycles. The first kappa shape index (κ1) is 19.0. The summed E-state index contributed by atoms with van der Waals surface area (Å²) in [5.74, 6) is 0.916. The average Bonchev–Trinajstić information content (AvgIpc) is 3.01. The van der Waals surface area contributed by atoms with E-state index in [2.05, 4.69) is 6.92 Å². The summed E-state index contributed by atoms with van der Waals surface area (Å²) in [6, 6.07) is 7.43. The van der Waals surface area contributed by atoms with E-state index in [0.29, 0.717) is 18.7 Å². The predicted molar refractivity (Wildman–Crippen MR) is 106 cm³/mol. The van der Waals surface area contributed by atoms with Crippen molar-refractivity contribution in [1.29, 1.82) is 0 Å². The number of hydrogen-bond donors (Lipinski definition) is 0. The summed E-state index contributed by atoms with van der Waals surface area (Å²) in [6.07, 6.45) is 5.76. The van der Waals surface area contributed by atoms with Crippen molar-refractivity contribution in [1.82, 2.24) is 4.90 Å². The third kappa shape index (κ3) is 3.21. The minimum Gasteiger partial charge on any atom is -0.494 e. The van der Waals surface area contributed by atoms with Gasteiger partial charge < -0.3 is 14.4 Å². The molecule has 1 fully saturated rings. The van der Waals surface area contributed by atoms with Crippen LogP contribution in [0.25, 0.3) is 0 Å². The lowest BCUT2D eigenvalue weighted by molar-refractivity contribution is -0.135. The zero-order valence-corrected chi connectivity index (χ0v) is 16.8. The van der Waals surface area contributed by atoms with E-state index in [-0.39, 0.29) is 35.5 Å². The number of ether oxygens (including phenoxy) is 2. The van der Waals surface area contributed by atoms with Crippen molar-refractivity contribution in [3.8, 4) is 5.75 Å². The number of benzene rings is 1. The third-order valence-corrected chi connectivity index (χ3v) is 6.14. The Kier molecular flexibility index (Phi) is 5.42. The first-order valence-electron chi connectivity index (χ1n) is 10.6. The molecular weight excluding hydrogens is 354 g/mol. The number of unbranched alkanes of at least 4 members (excludes halogenated alkanes) is 1. The number of ketones is 1. The number of carbonyl (C=O) groups is 2. The van der Waals surface area contributed by atoms with E-state index in [1.54, 1.807) is 4.90 Å². The molecule has 0 N–H and O–H groups in total. The highest BCUT2D eigenvalue weighted by Gasteiger charge is 2.51. The van der Waals surface area contributed by atoms with E-state index < -0.39 is 0 Å². The molecule has 0 bridgehead atoms. The van der Waals surface area contributed by atoms with Gasteiger partial charge >= 0.3 is 0 Å². The van der Waals surface area contributed by atoms with Crippen LogP contribution < -0.4 is 4.74 Å². The highest BCUT2D eigenvalue weighted by molar-refractivity contribution is 6.11. The zero-order valence-electron chi connectivity index (χ0n) is 16.8. The number of nitrogens with zero attached hydrogens (tertiary/aromatic N) is 1. The topological polar surface area (TPSA) is 55.8 Å². The SMILES string of the molecule is CCCCOc1cccc(C2C3=C(OC4CCCCC4C3=O)C(=O)N2CC)c1. The van der Waals surface area contributed by atoms with Crippen molar-refractivity contribution in [3.05, 3.63) is 41.2 Å². The fourth-order valence-corrected chi connectivity index (χ4v) is 4.67. The molecule has 5 heteroatoms. The zero-order chi connectivity index (χ0) is 19.7. The molecule has 3 atom stereocenters. The molecule has 3 unspecified atom stereocenters. The molecular formula is C23H29NO4. The fourth-order valence-electron chi connectivity index (χ4n) is 4.67. The van der Waals surface area contributed by atoms with Crippen molar-refractivity contribution in [2.45, 2.75) is 64.5 Å². The standard InChI is InChI=1S/C23H29NO4/c1-3-5-13-27-16-10-8-9-15(14-16)20-19-21(25)17-11-6-7-12-18(17)28-22(19)23(26)24(20)4-2/h8-10,14,17-18,20H,3-7,11-13H2,1-2H3. The molecule has 1 saturated carbocycles. The van der Waals surface area contributed by atoms with Gasteiger partial charge in [0, 0.05) is 6.54 Å². The molecule has 4 rings (SSSR count). The molecule has 0 spiro atoms. The summed E-state index contributed by atoms with van der Waals surface area (Å²) in [6.45, 7) is 5.27. The van der Waals surface area contributed by atoms with Gasteiger partial charge in [-0.25, -0.2) is 0 Å². The highest BCUT2D eigenvalue weighted by Crippen LogP contribution is 2.46. The second-order valence-electron chi connectivity index (χ2n) is 7.92. The molecule has 150 valence electrons. The second-order valence-corrected chi connectivity index (χ2v) is 7.92. The Hall–Kier alpha value is -2.30. The van der Waals surface area contributed by atoms with Gasteiger partial charge in [-0.3, -0.25) is 9.59 Å². The average molecular weight is 383 g/mol. The minimum absolute atomic E-state index is 0.108. The van der Waals surface area contributed by atoms with Crippen LogP contribution in [0.1, 0.15) is 64.0 Å². The molecule has 1 aliphatic carbocycles. The smallest absolute Gasteiger partial charge is 0.290 e. The number of Topliss-reactive ketones (excluding diaryl/α,β-unsaturated/α-hetero) is 1. The summed E-state index contributed by atoms with van der Waals surface area (Å²) in [4.78, 5) is 28.2. The Bertz CT molecular complexity index is 800. The Labute approximate surface area is 166 Å². The van der Waals surface area contributed by atoms with Gasteiger partial charge in [-0.2, -0.15) is 0 Å². The number of carbonyl (C=O) groups excluding carboxylic acids is 2. The predicted octanol–water partition coefficient (Wildman–Crippen LogP) is 4.18. The van der Waals surface area contributed by atoms with Crippen molar-refractivity contribution in [3.63, 3.8) is 0 Å². The van der Waals surface area contributed by atoms with Gasteiger partial charge in [0.15, 0.2) is 11.5 Å². The molecule has 1 aromatic rings. The molecule has 0 aromatic heterocycles. The van der Waals surface area contributed by atoms with Crippen molar-refractivity contribution in [2.75, 3.05) is 13.2 Å². The molecule has 1 aromatic carbocycles. The first-order chi connectivity index (χ1) is 13.7. The summed E-state index contributed by atoms with van der Waals surface area (Å²) >= 11 is 0. The van der Waals surface area contributed by atoms with Gasteiger partial charge in [-0.1, -0.05) is 31.9 Å². The first-order valence-corrected chi connectivity index (χ1v) is 10.6. The van der Waals surface area contributed by atoms with Crippen LogP contribution in [0.5, 0.6) is 5.75 Å². The van der Waals surface area contributed by atoms with E-state index in [9.17, 15) is 9.59 Å². The summed E-state index contributed by atoms with van der Waals surface area (Å²) in [5, 5.41) is 0. The molecule has 3 aliphatic rings. The number of hydrogen-bond acceptors (Lipinski definition) is 4. The van der Waals surface area contributed by atoms with Crippen molar-refractivity contribution < 1.29 is 19.1 Å². The van der Waals surface area contributed by atoms with Crippen LogP contribution >= 0.6 is 0 Å². The Balaban J connectivity index is 1.69. The monoisotopic (exact) mass is 383 g/mol. The van der Waals surface area contributed by atoms with Crippen LogP contribution in [-0.2, 0) is 14.3 Å². The lowest BCUT2D eigenvalue weighted by Gasteiger charge is -2.35. The number of rotatable bonds is 6. The van der Waals surface area contributed by atoms with Gasteiger partial charge in [-0.15, -0.1) is 0 Å². The highest BCUT2D eigenvalue weighted by atomic mass is 16.5. The number of likely N-dealkylation sites (N-methyl/N-ethyl adjacent to an activating group) is 1. The lowest BCUT2D eigenvalue weighted by Crippen LogP contribution is -2.39. The molecule has 5 nitrogen and oxygen atoms in total. The van der Waals surface area contributed by atoms with Crippen molar-refractivity contribution >= 4 is 11.7 Å². The van der Waals surface area contributed by atoms with Crippen LogP contribution in [0.15, 0.2) is 35.6 Å². The van der Waals surface area contributed by atoms with E-state index in [1.165, 1.54) is 0 Å². The normalized spacial score (nSPS) is 26.8. The summed E-state index contributed by atoms with van der Waals surface area (Å²) in [7, 11) is 0. The largest absolute Gasteiger partial charge is 0.494 e. The molecule has 1 amide bonds. The Morgan fingerprint density at radius 2 is 2.00 bits per heavy atom. The second kappa shape index (κ2) is 7.98. The maximum Gasteiger partial charge on any atom is 0.290 e. The number of fused-ring (bicyclic) bond motifs is 1. The Morgan fingerprint density at radius 1 is 1.18 bits per heavy atom.